The van der Waals surface area contributed by atoms with Crippen LogP contribution in [-0.2, 0) is 9.47 Å². The summed E-state index contributed by atoms with van der Waals surface area (Å²) in [5.74, 6) is 0.308. The number of ether oxygens (including phenoxy) is 2. The number of anilines is 1. The maximum Gasteiger partial charge on any atom is 0.414 e. The van der Waals surface area contributed by atoms with Crippen LogP contribution in [0.3, 0.4) is 0 Å². The number of methoxy groups -OCH3 is 1. The molecule has 0 radical (unpaired) electrons. The number of nitrogens with zero attached hydrogens (tertiary/aromatic N) is 1. The lowest BCUT2D eigenvalue weighted by molar-refractivity contribution is 0.0581. The molecule has 0 aromatic heterocycles. The van der Waals surface area contributed by atoms with E-state index >= 15 is 0 Å². The third-order valence-electron chi connectivity index (χ3n) is 3.90. The molecule has 0 saturated carbocycles. The fraction of sp³-hybridized carbons (Fsp3) is 0.611. The summed E-state index contributed by atoms with van der Waals surface area (Å²) in [7, 11) is 1.71. The molecule has 1 unspecified atom stereocenters. The highest BCUT2D eigenvalue weighted by atomic mass is 16.6. The number of aryl methyl sites for hydroxylation is 2. The monoisotopic (exact) mass is 305 g/mol. The first kappa shape index (κ1) is 16.8. The van der Waals surface area contributed by atoms with Crippen LogP contribution in [0.1, 0.15) is 49.8 Å². The predicted octanol–water partition coefficient (Wildman–Crippen LogP) is 4.18. The van der Waals surface area contributed by atoms with Crippen molar-refractivity contribution in [2.24, 2.45) is 0 Å². The number of fused-ring (bicyclic) bond motifs is 1. The third-order valence-corrected chi connectivity index (χ3v) is 3.90. The number of hydrogen-bond acceptors (Lipinski definition) is 3. The zero-order valence-corrected chi connectivity index (χ0v) is 14.5. The summed E-state index contributed by atoms with van der Waals surface area (Å²) in [5, 5.41) is 0. The number of hydrogen-bond donors (Lipinski definition) is 0. The summed E-state index contributed by atoms with van der Waals surface area (Å²) < 4.78 is 10.8. The van der Waals surface area contributed by atoms with Crippen LogP contribution in [0.15, 0.2) is 12.1 Å². The van der Waals surface area contributed by atoms with Gasteiger partial charge in [0.2, 0.25) is 0 Å². The maximum atomic E-state index is 12.5. The summed E-state index contributed by atoms with van der Waals surface area (Å²) >= 11 is 0. The summed E-state index contributed by atoms with van der Waals surface area (Å²) in [6.45, 7) is 11.2. The first-order chi connectivity index (χ1) is 10.2. The van der Waals surface area contributed by atoms with Crippen molar-refractivity contribution in [1.82, 2.24) is 0 Å². The van der Waals surface area contributed by atoms with Crippen molar-refractivity contribution in [2.45, 2.75) is 52.6 Å². The standard InChI is InChI=1S/C18H27NO3/c1-12-9-13(2)16-14(7-8-21-6)11-19(15(16)10-12)17(20)22-18(3,4)5/h9-10,14H,7-8,11H2,1-6H3. The van der Waals surface area contributed by atoms with E-state index in [1.54, 1.807) is 12.0 Å². The topological polar surface area (TPSA) is 38.8 Å². The molecule has 122 valence electrons. The Kier molecular flexibility index (Phi) is 4.81. The van der Waals surface area contributed by atoms with Crippen LogP contribution >= 0.6 is 0 Å². The molecule has 0 aliphatic carbocycles. The molecule has 1 heterocycles. The van der Waals surface area contributed by atoms with Gasteiger partial charge in [0.25, 0.3) is 0 Å². The van der Waals surface area contributed by atoms with E-state index in [1.807, 2.05) is 20.8 Å². The van der Waals surface area contributed by atoms with Gasteiger partial charge in [-0.25, -0.2) is 4.79 Å². The Labute approximate surface area is 133 Å². The van der Waals surface area contributed by atoms with Gasteiger partial charge >= 0.3 is 6.09 Å². The van der Waals surface area contributed by atoms with Crippen LogP contribution < -0.4 is 4.90 Å². The van der Waals surface area contributed by atoms with Gasteiger partial charge in [-0.15, -0.1) is 0 Å². The Morgan fingerprint density at radius 1 is 1.32 bits per heavy atom. The average molecular weight is 305 g/mol. The van der Waals surface area contributed by atoms with Gasteiger partial charge in [-0.05, 0) is 63.8 Å². The SMILES string of the molecule is COCCC1CN(C(=O)OC(C)(C)C)c2cc(C)cc(C)c21. The minimum Gasteiger partial charge on any atom is -0.443 e. The Balaban J connectivity index is 2.34. The second kappa shape index (κ2) is 6.29. The molecular weight excluding hydrogens is 278 g/mol. The van der Waals surface area contributed by atoms with Crippen LogP contribution in [0.25, 0.3) is 0 Å². The van der Waals surface area contributed by atoms with E-state index in [-0.39, 0.29) is 6.09 Å². The highest BCUT2D eigenvalue weighted by Gasteiger charge is 2.35. The molecule has 0 N–H and O–H groups in total. The Morgan fingerprint density at radius 2 is 2.00 bits per heavy atom. The van der Waals surface area contributed by atoms with Crippen LogP contribution in [0.4, 0.5) is 10.5 Å². The molecular formula is C18H27NO3. The minimum atomic E-state index is -0.485. The zero-order chi connectivity index (χ0) is 16.5. The summed E-state index contributed by atoms with van der Waals surface area (Å²) in [5.41, 5.74) is 4.17. The van der Waals surface area contributed by atoms with Crippen molar-refractivity contribution in [3.63, 3.8) is 0 Å². The van der Waals surface area contributed by atoms with E-state index in [0.29, 0.717) is 19.1 Å². The van der Waals surface area contributed by atoms with Crippen molar-refractivity contribution in [1.29, 1.82) is 0 Å². The number of carbonyl (C=O) groups excluding carboxylic acids is 1. The molecule has 2 rings (SSSR count). The van der Waals surface area contributed by atoms with E-state index in [1.165, 1.54) is 11.1 Å². The molecule has 1 aromatic rings. The van der Waals surface area contributed by atoms with Gasteiger partial charge in [0, 0.05) is 26.2 Å². The van der Waals surface area contributed by atoms with Gasteiger partial charge in [-0.2, -0.15) is 0 Å². The quantitative estimate of drug-likeness (QED) is 0.841. The van der Waals surface area contributed by atoms with Gasteiger partial charge in [0.1, 0.15) is 5.60 Å². The molecule has 22 heavy (non-hydrogen) atoms. The highest BCUT2D eigenvalue weighted by molar-refractivity contribution is 5.91. The normalized spacial score (nSPS) is 17.5. The lowest BCUT2D eigenvalue weighted by Gasteiger charge is -2.25. The van der Waals surface area contributed by atoms with Crippen molar-refractivity contribution in [3.05, 3.63) is 28.8 Å². The molecule has 0 bridgehead atoms. The molecule has 4 nitrogen and oxygen atoms in total. The van der Waals surface area contributed by atoms with E-state index in [0.717, 1.165) is 17.7 Å². The molecule has 1 atom stereocenters. The first-order valence-corrected chi connectivity index (χ1v) is 7.83. The van der Waals surface area contributed by atoms with Crippen LogP contribution in [0, 0.1) is 13.8 Å². The highest BCUT2D eigenvalue weighted by Crippen LogP contribution is 2.41. The fourth-order valence-electron chi connectivity index (χ4n) is 3.11. The maximum absolute atomic E-state index is 12.5. The number of benzene rings is 1. The Bertz CT molecular complexity index is 560. The summed E-state index contributed by atoms with van der Waals surface area (Å²) in [6, 6.07) is 4.26. The number of rotatable bonds is 3. The van der Waals surface area contributed by atoms with E-state index < -0.39 is 5.60 Å². The summed E-state index contributed by atoms with van der Waals surface area (Å²) in [6.07, 6.45) is 0.644. The van der Waals surface area contributed by atoms with Crippen molar-refractivity contribution in [2.75, 3.05) is 25.2 Å². The van der Waals surface area contributed by atoms with Crippen molar-refractivity contribution >= 4 is 11.8 Å². The lowest BCUT2D eigenvalue weighted by atomic mass is 9.93. The summed E-state index contributed by atoms with van der Waals surface area (Å²) in [4.78, 5) is 14.3. The number of carbonyl (C=O) groups is 1. The molecule has 1 amide bonds. The Hall–Kier alpha value is -1.55. The Morgan fingerprint density at radius 3 is 2.59 bits per heavy atom. The number of amides is 1. The van der Waals surface area contributed by atoms with Gasteiger partial charge in [0.05, 0.1) is 5.69 Å². The van der Waals surface area contributed by atoms with Crippen LogP contribution in [0.2, 0.25) is 0 Å². The fourth-order valence-corrected chi connectivity index (χ4v) is 3.11. The zero-order valence-electron chi connectivity index (χ0n) is 14.5. The molecule has 0 fully saturated rings. The largest absolute Gasteiger partial charge is 0.443 e. The molecule has 4 heteroatoms. The second-order valence-electron chi connectivity index (χ2n) is 7.08. The lowest BCUT2D eigenvalue weighted by Crippen LogP contribution is -2.36. The molecule has 1 aromatic carbocycles. The van der Waals surface area contributed by atoms with Gasteiger partial charge < -0.3 is 9.47 Å². The van der Waals surface area contributed by atoms with E-state index in [2.05, 4.69) is 26.0 Å². The van der Waals surface area contributed by atoms with Crippen molar-refractivity contribution < 1.29 is 14.3 Å². The third kappa shape index (κ3) is 3.61. The molecule has 1 aliphatic heterocycles. The van der Waals surface area contributed by atoms with Crippen LogP contribution in [0.5, 0.6) is 0 Å². The van der Waals surface area contributed by atoms with Crippen LogP contribution in [-0.4, -0.2) is 32.0 Å². The minimum absolute atomic E-state index is 0.265. The first-order valence-electron chi connectivity index (χ1n) is 7.83. The molecule has 0 spiro atoms. The molecule has 1 aliphatic rings. The average Bonchev–Trinajstić information content (AvgIpc) is 2.73. The second-order valence-corrected chi connectivity index (χ2v) is 7.08. The van der Waals surface area contributed by atoms with Gasteiger partial charge in [-0.3, -0.25) is 4.90 Å². The van der Waals surface area contributed by atoms with E-state index in [4.69, 9.17) is 9.47 Å². The predicted molar refractivity (Wildman–Crippen MR) is 88.7 cm³/mol. The molecule has 0 saturated heterocycles. The smallest absolute Gasteiger partial charge is 0.414 e. The van der Waals surface area contributed by atoms with E-state index in [9.17, 15) is 4.79 Å². The van der Waals surface area contributed by atoms with Crippen molar-refractivity contribution in [3.8, 4) is 0 Å². The van der Waals surface area contributed by atoms with Gasteiger partial charge in [0.15, 0.2) is 0 Å². The van der Waals surface area contributed by atoms with Gasteiger partial charge in [-0.1, -0.05) is 6.07 Å².